The second-order valence-corrected chi connectivity index (χ2v) is 6.68. The van der Waals surface area contributed by atoms with Gasteiger partial charge in [0, 0.05) is 42.8 Å². The van der Waals surface area contributed by atoms with Crippen LogP contribution in [0.1, 0.15) is 25.8 Å². The number of rotatable bonds is 4. The minimum atomic E-state index is 0.130. The molecule has 0 aliphatic carbocycles. The van der Waals surface area contributed by atoms with Gasteiger partial charge in [-0.05, 0) is 56.2 Å². The van der Waals surface area contributed by atoms with Crippen molar-refractivity contribution < 1.29 is 4.79 Å². The van der Waals surface area contributed by atoms with Gasteiger partial charge in [-0.25, -0.2) is 9.67 Å². The molecule has 0 fully saturated rings. The summed E-state index contributed by atoms with van der Waals surface area (Å²) in [6, 6.07) is 12.0. The summed E-state index contributed by atoms with van der Waals surface area (Å²) in [6.07, 6.45) is 6.84. The first-order chi connectivity index (χ1) is 12.6. The maximum atomic E-state index is 12.3. The summed E-state index contributed by atoms with van der Waals surface area (Å²) in [7, 11) is 0. The third kappa shape index (κ3) is 3.06. The maximum absolute atomic E-state index is 12.3. The lowest BCUT2D eigenvalue weighted by molar-refractivity contribution is -0.119. The Kier molecular flexibility index (Phi) is 4.16. The Morgan fingerprint density at radius 2 is 1.96 bits per heavy atom. The van der Waals surface area contributed by atoms with Gasteiger partial charge in [-0.1, -0.05) is 0 Å². The van der Waals surface area contributed by atoms with Crippen molar-refractivity contribution in [2.24, 2.45) is 0 Å². The second-order valence-electron chi connectivity index (χ2n) is 6.68. The zero-order valence-corrected chi connectivity index (χ0v) is 14.9. The van der Waals surface area contributed by atoms with E-state index in [0.29, 0.717) is 6.42 Å². The Balaban J connectivity index is 1.58. The first-order valence-corrected chi connectivity index (χ1v) is 8.80. The molecule has 0 atom stereocenters. The molecule has 0 saturated heterocycles. The maximum Gasteiger partial charge on any atom is 0.227 e. The number of anilines is 3. The molecular formula is C20H21N5O. The number of aromatic nitrogens is 3. The average Bonchev–Trinajstić information content (AvgIpc) is 3.16. The molecule has 0 radical (unpaired) electrons. The normalized spacial score (nSPS) is 13.8. The molecule has 6 nitrogen and oxygen atoms in total. The monoisotopic (exact) mass is 347 g/mol. The van der Waals surface area contributed by atoms with Crippen molar-refractivity contribution in [3.05, 3.63) is 60.6 Å². The zero-order valence-electron chi connectivity index (χ0n) is 14.9. The quantitative estimate of drug-likeness (QED) is 0.782. The third-order valence-corrected chi connectivity index (χ3v) is 4.52. The van der Waals surface area contributed by atoms with E-state index in [1.54, 1.807) is 6.20 Å². The first-order valence-electron chi connectivity index (χ1n) is 8.80. The molecule has 6 heteroatoms. The number of fused-ring (bicyclic) bond motifs is 1. The predicted molar refractivity (Wildman–Crippen MR) is 102 cm³/mol. The van der Waals surface area contributed by atoms with Gasteiger partial charge in [0.15, 0.2) is 0 Å². The number of carbonyl (C=O) groups is 1. The number of hydrogen-bond donors (Lipinski definition) is 1. The fourth-order valence-corrected chi connectivity index (χ4v) is 3.29. The topological polar surface area (TPSA) is 63.1 Å². The van der Waals surface area contributed by atoms with E-state index in [-0.39, 0.29) is 11.9 Å². The minimum Gasteiger partial charge on any atom is -0.340 e. The van der Waals surface area contributed by atoms with Gasteiger partial charge in [0.25, 0.3) is 0 Å². The molecule has 4 rings (SSSR count). The smallest absolute Gasteiger partial charge is 0.227 e. The van der Waals surface area contributed by atoms with E-state index in [2.05, 4.69) is 15.4 Å². The molecule has 2 aromatic heterocycles. The molecule has 0 unspecified atom stereocenters. The summed E-state index contributed by atoms with van der Waals surface area (Å²) >= 11 is 0. The van der Waals surface area contributed by atoms with Crippen LogP contribution in [0.4, 0.5) is 17.2 Å². The molecule has 1 aromatic carbocycles. The fourth-order valence-electron chi connectivity index (χ4n) is 3.29. The minimum absolute atomic E-state index is 0.130. The van der Waals surface area contributed by atoms with Crippen molar-refractivity contribution in [3.63, 3.8) is 0 Å². The van der Waals surface area contributed by atoms with Crippen LogP contribution in [0.15, 0.2) is 55.0 Å². The largest absolute Gasteiger partial charge is 0.340 e. The van der Waals surface area contributed by atoms with Gasteiger partial charge in [0.1, 0.15) is 5.82 Å². The Labute approximate surface area is 152 Å². The van der Waals surface area contributed by atoms with Gasteiger partial charge in [0.2, 0.25) is 5.91 Å². The van der Waals surface area contributed by atoms with Crippen molar-refractivity contribution in [3.8, 4) is 5.69 Å². The van der Waals surface area contributed by atoms with Crippen LogP contribution in [0, 0.1) is 0 Å². The Bertz CT molecular complexity index is 916. The van der Waals surface area contributed by atoms with Gasteiger partial charge in [-0.2, -0.15) is 5.10 Å². The number of pyridine rings is 1. The summed E-state index contributed by atoms with van der Waals surface area (Å²) in [5.74, 6) is 0.907. The highest BCUT2D eigenvalue weighted by Crippen LogP contribution is 2.31. The van der Waals surface area contributed by atoms with Crippen molar-refractivity contribution in [1.29, 1.82) is 0 Å². The lowest BCUT2D eigenvalue weighted by atomic mass is 10.0. The van der Waals surface area contributed by atoms with Crippen molar-refractivity contribution >= 4 is 23.1 Å². The van der Waals surface area contributed by atoms with E-state index in [0.717, 1.165) is 34.9 Å². The van der Waals surface area contributed by atoms with Crippen LogP contribution in [0.25, 0.3) is 5.69 Å². The molecule has 26 heavy (non-hydrogen) atoms. The van der Waals surface area contributed by atoms with Crippen molar-refractivity contribution in [2.75, 3.05) is 10.2 Å². The Hall–Kier alpha value is -3.15. The Morgan fingerprint density at radius 3 is 2.65 bits per heavy atom. The zero-order chi connectivity index (χ0) is 18.1. The van der Waals surface area contributed by atoms with Crippen molar-refractivity contribution in [1.82, 2.24) is 14.8 Å². The number of hydrogen-bond acceptors (Lipinski definition) is 4. The van der Waals surface area contributed by atoms with Crippen molar-refractivity contribution in [2.45, 2.75) is 32.7 Å². The summed E-state index contributed by atoms with van der Waals surface area (Å²) < 4.78 is 1.81. The standard InChI is InChI=1S/C20H21N5O/c1-14(2)25-18-12-19(21-13-15(18)4-9-20(25)26)23-16-5-7-17(8-6-16)24-11-3-10-22-24/h3,5-8,10-14H,4,9H2,1-2H3,(H,21,23). The number of amides is 1. The van der Waals surface area contributed by atoms with E-state index in [1.807, 2.05) is 72.2 Å². The van der Waals surface area contributed by atoms with Crippen LogP contribution in [-0.2, 0) is 11.2 Å². The third-order valence-electron chi connectivity index (χ3n) is 4.52. The van der Waals surface area contributed by atoms with Gasteiger partial charge in [-0.3, -0.25) is 4.79 Å². The highest BCUT2D eigenvalue weighted by Gasteiger charge is 2.26. The molecular weight excluding hydrogens is 326 g/mol. The first kappa shape index (κ1) is 16.3. The fraction of sp³-hybridized carbons (Fsp3) is 0.250. The van der Waals surface area contributed by atoms with Crippen LogP contribution in [-0.4, -0.2) is 26.7 Å². The van der Waals surface area contributed by atoms with Crippen LogP contribution in [0.3, 0.4) is 0 Å². The van der Waals surface area contributed by atoms with Gasteiger partial charge in [0.05, 0.1) is 11.4 Å². The molecule has 0 spiro atoms. The average molecular weight is 347 g/mol. The molecule has 132 valence electrons. The lowest BCUT2D eigenvalue weighted by Crippen LogP contribution is -2.40. The van der Waals surface area contributed by atoms with Crippen LogP contribution in [0.5, 0.6) is 0 Å². The van der Waals surface area contributed by atoms with E-state index in [4.69, 9.17) is 0 Å². The van der Waals surface area contributed by atoms with Gasteiger partial charge in [-0.15, -0.1) is 0 Å². The highest BCUT2D eigenvalue weighted by molar-refractivity contribution is 5.97. The molecule has 3 aromatic rings. The molecule has 0 saturated carbocycles. The van der Waals surface area contributed by atoms with Crippen LogP contribution >= 0.6 is 0 Å². The number of benzene rings is 1. The molecule has 3 heterocycles. The number of carbonyl (C=O) groups excluding carboxylic acids is 1. The molecule has 1 aliphatic heterocycles. The summed E-state index contributed by atoms with van der Waals surface area (Å²) in [6.45, 7) is 4.07. The molecule has 1 N–H and O–H groups in total. The second kappa shape index (κ2) is 6.63. The number of aryl methyl sites for hydroxylation is 1. The summed E-state index contributed by atoms with van der Waals surface area (Å²) in [4.78, 5) is 18.7. The highest BCUT2D eigenvalue weighted by atomic mass is 16.2. The van der Waals surface area contributed by atoms with Crippen LogP contribution in [0.2, 0.25) is 0 Å². The molecule has 1 aliphatic rings. The van der Waals surface area contributed by atoms with Gasteiger partial charge < -0.3 is 10.2 Å². The molecule has 1 amide bonds. The van der Waals surface area contributed by atoms with Crippen LogP contribution < -0.4 is 10.2 Å². The van der Waals surface area contributed by atoms with E-state index >= 15 is 0 Å². The lowest BCUT2D eigenvalue weighted by Gasteiger charge is -2.32. The van der Waals surface area contributed by atoms with E-state index in [9.17, 15) is 4.79 Å². The molecule has 0 bridgehead atoms. The van der Waals surface area contributed by atoms with Gasteiger partial charge >= 0.3 is 0 Å². The number of nitrogens with one attached hydrogen (secondary N) is 1. The SMILES string of the molecule is CC(C)N1C(=O)CCc2cnc(Nc3ccc(-n4cccn4)cc3)cc21. The van der Waals surface area contributed by atoms with E-state index < -0.39 is 0 Å². The summed E-state index contributed by atoms with van der Waals surface area (Å²) in [5.41, 5.74) is 4.02. The Morgan fingerprint density at radius 1 is 1.15 bits per heavy atom. The van der Waals surface area contributed by atoms with E-state index in [1.165, 1.54) is 0 Å². The number of nitrogens with zero attached hydrogens (tertiary/aromatic N) is 4. The summed E-state index contributed by atoms with van der Waals surface area (Å²) in [5, 5.41) is 7.55. The predicted octanol–water partition coefficient (Wildman–Crippen LogP) is 3.70.